The molecule has 0 bridgehead atoms. The van der Waals surface area contributed by atoms with Crippen LogP contribution < -0.4 is 9.47 Å². The summed E-state index contributed by atoms with van der Waals surface area (Å²) in [5.74, 6) is 1.04. The summed E-state index contributed by atoms with van der Waals surface area (Å²) in [5.41, 5.74) is 1.57. The fourth-order valence-corrected chi connectivity index (χ4v) is 1.89. The molecule has 1 unspecified atom stereocenters. The Labute approximate surface area is 106 Å². The molecule has 1 atom stereocenters. The fraction of sp³-hybridized carbons (Fsp3) is 0.357. The molecule has 4 heteroatoms. The Morgan fingerprint density at radius 2 is 1.94 bits per heavy atom. The molecule has 1 aliphatic heterocycles. The maximum absolute atomic E-state index is 11.5. The molecule has 1 aromatic rings. The van der Waals surface area contributed by atoms with Gasteiger partial charge in [0.05, 0.1) is 14.2 Å². The molecule has 1 aromatic carbocycles. The molecule has 0 amide bonds. The number of ether oxygens (including phenoxy) is 3. The number of esters is 1. The van der Waals surface area contributed by atoms with Crippen molar-refractivity contribution in [3.63, 3.8) is 0 Å². The van der Waals surface area contributed by atoms with Crippen molar-refractivity contribution in [1.29, 1.82) is 0 Å². The molecule has 0 radical (unpaired) electrons. The van der Waals surface area contributed by atoms with Crippen LogP contribution in [-0.4, -0.2) is 20.2 Å². The second-order valence-corrected chi connectivity index (χ2v) is 4.13. The normalized spacial score (nSPS) is 18.9. The van der Waals surface area contributed by atoms with Gasteiger partial charge in [0.25, 0.3) is 0 Å². The van der Waals surface area contributed by atoms with Crippen molar-refractivity contribution in [3.05, 3.63) is 35.4 Å². The van der Waals surface area contributed by atoms with Gasteiger partial charge in [-0.15, -0.1) is 0 Å². The van der Waals surface area contributed by atoms with Gasteiger partial charge in [-0.3, -0.25) is 0 Å². The number of benzene rings is 1. The topological polar surface area (TPSA) is 44.8 Å². The number of hydrogen-bond donors (Lipinski definition) is 0. The van der Waals surface area contributed by atoms with Gasteiger partial charge in [0.2, 0.25) is 0 Å². The quantitative estimate of drug-likeness (QED) is 0.771. The van der Waals surface area contributed by atoms with E-state index in [1.807, 2.05) is 24.3 Å². The van der Waals surface area contributed by atoms with Gasteiger partial charge in [0, 0.05) is 12.0 Å². The van der Waals surface area contributed by atoms with Gasteiger partial charge in [-0.05, 0) is 24.6 Å². The predicted octanol–water partition coefficient (Wildman–Crippen LogP) is 2.64. The lowest BCUT2D eigenvalue weighted by Gasteiger charge is -2.22. The molecule has 18 heavy (non-hydrogen) atoms. The first-order valence-electron chi connectivity index (χ1n) is 5.75. The molecule has 0 spiro atoms. The number of methoxy groups -OCH3 is 2. The van der Waals surface area contributed by atoms with Crippen LogP contribution in [0.2, 0.25) is 0 Å². The Morgan fingerprint density at radius 1 is 1.22 bits per heavy atom. The van der Waals surface area contributed by atoms with Gasteiger partial charge in [-0.25, -0.2) is 4.79 Å². The maximum Gasteiger partial charge on any atom is 0.334 e. The molecular weight excluding hydrogens is 232 g/mol. The van der Waals surface area contributed by atoms with Crippen molar-refractivity contribution in [2.45, 2.75) is 19.4 Å². The minimum atomic E-state index is -0.263. The highest BCUT2D eigenvalue weighted by atomic mass is 16.5. The van der Waals surface area contributed by atoms with Crippen LogP contribution in [0.25, 0.3) is 0 Å². The monoisotopic (exact) mass is 248 g/mol. The first-order valence-corrected chi connectivity index (χ1v) is 5.75. The van der Waals surface area contributed by atoms with Gasteiger partial charge in [-0.2, -0.15) is 0 Å². The van der Waals surface area contributed by atoms with Crippen molar-refractivity contribution >= 4 is 5.97 Å². The largest absolute Gasteiger partial charge is 0.493 e. The first kappa shape index (κ1) is 12.5. The Hall–Kier alpha value is -1.97. The molecule has 0 aliphatic carbocycles. The van der Waals surface area contributed by atoms with E-state index in [2.05, 4.69) is 0 Å². The van der Waals surface area contributed by atoms with Crippen LogP contribution in [0.5, 0.6) is 11.5 Å². The van der Waals surface area contributed by atoms with Crippen molar-refractivity contribution < 1.29 is 19.0 Å². The van der Waals surface area contributed by atoms with Crippen LogP contribution in [0.1, 0.15) is 25.0 Å². The molecule has 0 fully saturated rings. The molecule has 0 N–H and O–H groups in total. The van der Waals surface area contributed by atoms with Crippen molar-refractivity contribution in [2.75, 3.05) is 14.2 Å². The van der Waals surface area contributed by atoms with E-state index < -0.39 is 0 Å². The van der Waals surface area contributed by atoms with E-state index >= 15 is 0 Å². The lowest BCUT2D eigenvalue weighted by molar-refractivity contribution is -0.145. The highest BCUT2D eigenvalue weighted by Gasteiger charge is 2.22. The summed E-state index contributed by atoms with van der Waals surface area (Å²) >= 11 is 0. The van der Waals surface area contributed by atoms with Crippen LogP contribution in [0.4, 0.5) is 0 Å². The first-order chi connectivity index (χ1) is 8.65. The molecule has 1 aliphatic rings. The molecule has 2 rings (SSSR count). The summed E-state index contributed by atoms with van der Waals surface area (Å²) in [4.78, 5) is 11.5. The molecule has 96 valence electrons. The average Bonchev–Trinajstić information content (AvgIpc) is 2.41. The molecular formula is C14H16O4. The highest BCUT2D eigenvalue weighted by Crippen LogP contribution is 2.34. The van der Waals surface area contributed by atoms with Crippen LogP contribution in [0, 0.1) is 0 Å². The van der Waals surface area contributed by atoms with Gasteiger partial charge in [0.1, 0.15) is 6.10 Å². The number of carbonyl (C=O) groups excluding carboxylic acids is 1. The van der Waals surface area contributed by atoms with E-state index in [1.54, 1.807) is 21.1 Å². The summed E-state index contributed by atoms with van der Waals surface area (Å²) in [6.07, 6.45) is 2.33. The Morgan fingerprint density at radius 3 is 2.56 bits per heavy atom. The Balaban J connectivity index is 2.27. The zero-order valence-electron chi connectivity index (χ0n) is 10.7. The summed E-state index contributed by atoms with van der Waals surface area (Å²) in [6.45, 7) is 1.76. The minimum absolute atomic E-state index is 0.249. The SMILES string of the molecule is COc1ccc(C2CC=C(C)C(=O)O2)cc1OC. The van der Waals surface area contributed by atoms with Gasteiger partial charge in [0.15, 0.2) is 11.5 Å². The Kier molecular flexibility index (Phi) is 3.55. The molecule has 0 saturated heterocycles. The van der Waals surface area contributed by atoms with Crippen molar-refractivity contribution in [2.24, 2.45) is 0 Å². The smallest absolute Gasteiger partial charge is 0.334 e. The molecule has 0 aromatic heterocycles. The van der Waals surface area contributed by atoms with Crippen LogP contribution in [0.15, 0.2) is 29.8 Å². The van der Waals surface area contributed by atoms with Crippen LogP contribution in [0.3, 0.4) is 0 Å². The van der Waals surface area contributed by atoms with Crippen molar-refractivity contribution in [1.82, 2.24) is 0 Å². The second kappa shape index (κ2) is 5.12. The standard InChI is InChI=1S/C14H16O4/c1-9-4-6-11(18-14(9)15)10-5-7-12(16-2)13(8-10)17-3/h4-5,7-8,11H,6H2,1-3H3. The van der Waals surface area contributed by atoms with E-state index in [1.165, 1.54) is 0 Å². The third-order valence-corrected chi connectivity index (χ3v) is 2.99. The van der Waals surface area contributed by atoms with Gasteiger partial charge in [-0.1, -0.05) is 12.1 Å². The van der Waals surface area contributed by atoms with E-state index in [-0.39, 0.29) is 12.1 Å². The van der Waals surface area contributed by atoms with Crippen LogP contribution in [-0.2, 0) is 9.53 Å². The number of carbonyl (C=O) groups is 1. The minimum Gasteiger partial charge on any atom is -0.493 e. The zero-order valence-corrected chi connectivity index (χ0v) is 10.7. The molecule has 0 saturated carbocycles. The van der Waals surface area contributed by atoms with E-state index in [0.717, 1.165) is 5.56 Å². The van der Waals surface area contributed by atoms with E-state index in [9.17, 15) is 4.79 Å². The summed E-state index contributed by atoms with van der Waals surface area (Å²) < 4.78 is 15.8. The number of cyclic esters (lactones) is 1. The summed E-state index contributed by atoms with van der Waals surface area (Å²) in [6, 6.07) is 5.53. The number of hydrogen-bond acceptors (Lipinski definition) is 4. The summed E-state index contributed by atoms with van der Waals surface area (Å²) in [5, 5.41) is 0. The van der Waals surface area contributed by atoms with Crippen LogP contribution >= 0.6 is 0 Å². The van der Waals surface area contributed by atoms with Crippen molar-refractivity contribution in [3.8, 4) is 11.5 Å². The van der Waals surface area contributed by atoms with E-state index in [4.69, 9.17) is 14.2 Å². The fourth-order valence-electron chi connectivity index (χ4n) is 1.89. The summed E-state index contributed by atoms with van der Waals surface area (Å²) in [7, 11) is 3.17. The average molecular weight is 248 g/mol. The third kappa shape index (κ3) is 2.32. The zero-order chi connectivity index (χ0) is 13.1. The van der Waals surface area contributed by atoms with Gasteiger partial charge >= 0.3 is 5.97 Å². The molecule has 4 nitrogen and oxygen atoms in total. The third-order valence-electron chi connectivity index (χ3n) is 2.99. The lowest BCUT2D eigenvalue weighted by atomic mass is 10.0. The highest BCUT2D eigenvalue weighted by molar-refractivity contribution is 5.88. The molecule has 1 heterocycles. The van der Waals surface area contributed by atoms with E-state index in [0.29, 0.717) is 23.5 Å². The number of rotatable bonds is 3. The Bertz CT molecular complexity index is 491. The lowest BCUT2D eigenvalue weighted by Crippen LogP contribution is -2.16. The van der Waals surface area contributed by atoms with Gasteiger partial charge < -0.3 is 14.2 Å². The second-order valence-electron chi connectivity index (χ2n) is 4.13. The predicted molar refractivity (Wildman–Crippen MR) is 66.8 cm³/mol. The maximum atomic E-state index is 11.5.